The van der Waals surface area contributed by atoms with Gasteiger partial charge < -0.3 is 14.8 Å². The quantitative estimate of drug-likeness (QED) is 0.487. The number of amides is 2. The van der Waals surface area contributed by atoms with Crippen molar-refractivity contribution in [1.82, 2.24) is 5.43 Å². The summed E-state index contributed by atoms with van der Waals surface area (Å²) >= 11 is 11.7. The molecule has 1 aliphatic rings. The van der Waals surface area contributed by atoms with Crippen LogP contribution >= 0.6 is 23.2 Å². The average Bonchev–Trinajstić information content (AvgIpc) is 3.05. The van der Waals surface area contributed by atoms with E-state index in [1.54, 1.807) is 24.3 Å². The minimum atomic E-state index is -0.951. The van der Waals surface area contributed by atoms with Crippen molar-refractivity contribution >= 4 is 46.9 Å². The zero-order valence-electron chi connectivity index (χ0n) is 12.6. The molecule has 0 bridgehead atoms. The summed E-state index contributed by atoms with van der Waals surface area (Å²) in [7, 11) is 0. The van der Waals surface area contributed by atoms with E-state index in [-0.39, 0.29) is 17.5 Å². The first kappa shape index (κ1) is 17.1. The molecule has 0 spiro atoms. The number of rotatable bonds is 3. The molecule has 0 saturated carbocycles. The molecule has 0 fully saturated rings. The summed E-state index contributed by atoms with van der Waals surface area (Å²) in [6.45, 7) is 0.166. The van der Waals surface area contributed by atoms with Crippen LogP contribution in [-0.4, -0.2) is 24.8 Å². The van der Waals surface area contributed by atoms with Gasteiger partial charge in [-0.1, -0.05) is 23.2 Å². The highest BCUT2D eigenvalue weighted by molar-refractivity contribution is 6.42. The van der Waals surface area contributed by atoms with Crippen molar-refractivity contribution in [3.05, 3.63) is 52.0 Å². The fourth-order valence-electron chi connectivity index (χ4n) is 1.98. The third-order valence-corrected chi connectivity index (χ3v) is 3.72. The van der Waals surface area contributed by atoms with Gasteiger partial charge in [0, 0.05) is 5.02 Å². The molecule has 0 aromatic heterocycles. The van der Waals surface area contributed by atoms with Gasteiger partial charge in [0.15, 0.2) is 11.5 Å². The lowest BCUT2D eigenvalue weighted by molar-refractivity contribution is -0.136. The molecule has 25 heavy (non-hydrogen) atoms. The van der Waals surface area contributed by atoms with Crippen LogP contribution in [0.25, 0.3) is 0 Å². The summed E-state index contributed by atoms with van der Waals surface area (Å²) in [6, 6.07) is 9.66. The molecule has 0 unspecified atom stereocenters. The van der Waals surface area contributed by atoms with Crippen LogP contribution in [0.1, 0.15) is 5.56 Å². The van der Waals surface area contributed by atoms with Gasteiger partial charge in [-0.3, -0.25) is 9.59 Å². The number of nitrogens with one attached hydrogen (secondary N) is 2. The highest BCUT2D eigenvalue weighted by Gasteiger charge is 2.15. The second-order valence-electron chi connectivity index (χ2n) is 4.89. The van der Waals surface area contributed by atoms with E-state index < -0.39 is 11.8 Å². The summed E-state index contributed by atoms with van der Waals surface area (Å²) in [6.07, 6.45) is 1.37. The Morgan fingerprint density at radius 3 is 2.68 bits per heavy atom. The number of ether oxygens (including phenoxy) is 2. The third kappa shape index (κ3) is 4.20. The van der Waals surface area contributed by atoms with E-state index in [2.05, 4.69) is 15.8 Å². The maximum Gasteiger partial charge on any atom is 0.329 e. The average molecular weight is 380 g/mol. The molecule has 1 aliphatic heterocycles. The Labute approximate surface area is 152 Å². The van der Waals surface area contributed by atoms with E-state index in [0.29, 0.717) is 22.1 Å². The van der Waals surface area contributed by atoms with Crippen LogP contribution in [0.2, 0.25) is 10.0 Å². The number of carbonyl (C=O) groups is 2. The summed E-state index contributed by atoms with van der Waals surface area (Å²) < 4.78 is 10.4. The summed E-state index contributed by atoms with van der Waals surface area (Å²) in [5.41, 5.74) is 3.02. The molecule has 2 amide bonds. The zero-order chi connectivity index (χ0) is 17.8. The Kier molecular flexibility index (Phi) is 5.06. The van der Waals surface area contributed by atoms with Crippen LogP contribution in [0.4, 0.5) is 5.69 Å². The Balaban J connectivity index is 1.58. The topological polar surface area (TPSA) is 89.0 Å². The number of carbonyl (C=O) groups excluding carboxylic acids is 2. The lowest BCUT2D eigenvalue weighted by atomic mass is 10.2. The second-order valence-corrected chi connectivity index (χ2v) is 5.73. The van der Waals surface area contributed by atoms with Crippen LogP contribution in [0.15, 0.2) is 41.5 Å². The van der Waals surface area contributed by atoms with E-state index in [9.17, 15) is 9.59 Å². The van der Waals surface area contributed by atoms with E-state index in [4.69, 9.17) is 32.7 Å². The third-order valence-electron chi connectivity index (χ3n) is 3.16. The number of fused-ring (bicyclic) bond motifs is 1. The lowest BCUT2D eigenvalue weighted by Gasteiger charge is -2.06. The largest absolute Gasteiger partial charge is 0.454 e. The first-order chi connectivity index (χ1) is 12.0. The molecule has 0 atom stereocenters. The highest BCUT2D eigenvalue weighted by Crippen LogP contribution is 2.32. The molecule has 9 heteroatoms. The first-order valence-electron chi connectivity index (χ1n) is 7.02. The zero-order valence-corrected chi connectivity index (χ0v) is 14.1. The molecule has 0 aliphatic carbocycles. The van der Waals surface area contributed by atoms with Gasteiger partial charge in [-0.25, -0.2) is 5.43 Å². The molecule has 2 N–H and O–H groups in total. The standard InChI is InChI=1S/C16H11Cl2N3O4/c17-10-2-3-11(18)12(6-10)20-15(22)16(23)21-19-7-9-1-4-13-14(5-9)25-8-24-13/h1-7H,8H2,(H,20,22)(H,21,23)/b19-7-. The Morgan fingerprint density at radius 2 is 1.84 bits per heavy atom. The fourth-order valence-corrected chi connectivity index (χ4v) is 2.32. The molecule has 2 aromatic carbocycles. The van der Waals surface area contributed by atoms with Crippen molar-refractivity contribution in [3.63, 3.8) is 0 Å². The van der Waals surface area contributed by atoms with Gasteiger partial charge in [0.25, 0.3) is 0 Å². The molecule has 3 rings (SSSR count). The number of hydrogen-bond acceptors (Lipinski definition) is 5. The smallest absolute Gasteiger partial charge is 0.329 e. The van der Waals surface area contributed by atoms with Gasteiger partial charge in [0.1, 0.15) is 0 Å². The fraction of sp³-hybridized carbons (Fsp3) is 0.0625. The molecule has 0 radical (unpaired) electrons. The number of nitrogens with zero attached hydrogens (tertiary/aromatic N) is 1. The van der Waals surface area contributed by atoms with Crippen molar-refractivity contribution in [2.45, 2.75) is 0 Å². The van der Waals surface area contributed by atoms with Crippen LogP contribution < -0.4 is 20.2 Å². The van der Waals surface area contributed by atoms with Gasteiger partial charge in [-0.05, 0) is 42.0 Å². The maximum absolute atomic E-state index is 11.8. The highest BCUT2D eigenvalue weighted by atomic mass is 35.5. The Morgan fingerprint density at radius 1 is 1.04 bits per heavy atom. The molecule has 128 valence electrons. The normalized spacial score (nSPS) is 12.2. The number of hydrazone groups is 1. The molecule has 2 aromatic rings. The molecular formula is C16H11Cl2N3O4. The van der Waals surface area contributed by atoms with Crippen molar-refractivity contribution in [1.29, 1.82) is 0 Å². The summed E-state index contributed by atoms with van der Waals surface area (Å²) in [4.78, 5) is 23.6. The number of anilines is 1. The number of halogens is 2. The van der Waals surface area contributed by atoms with Crippen molar-refractivity contribution < 1.29 is 19.1 Å². The predicted molar refractivity (Wildman–Crippen MR) is 93.4 cm³/mol. The predicted octanol–water partition coefficient (Wildman–Crippen LogP) is 2.81. The van der Waals surface area contributed by atoms with Gasteiger partial charge in [-0.2, -0.15) is 5.10 Å². The Bertz CT molecular complexity index is 870. The number of hydrogen-bond donors (Lipinski definition) is 2. The molecule has 1 heterocycles. The van der Waals surface area contributed by atoms with Crippen molar-refractivity contribution in [2.24, 2.45) is 5.10 Å². The van der Waals surface area contributed by atoms with E-state index in [1.807, 2.05) is 0 Å². The van der Waals surface area contributed by atoms with Crippen molar-refractivity contribution in [3.8, 4) is 11.5 Å². The van der Waals surface area contributed by atoms with Crippen LogP contribution in [0.5, 0.6) is 11.5 Å². The van der Waals surface area contributed by atoms with E-state index in [0.717, 1.165) is 0 Å². The van der Waals surface area contributed by atoms with Crippen LogP contribution in [0.3, 0.4) is 0 Å². The Hall–Kier alpha value is -2.77. The minimum Gasteiger partial charge on any atom is -0.454 e. The van der Waals surface area contributed by atoms with Crippen LogP contribution in [0, 0.1) is 0 Å². The van der Waals surface area contributed by atoms with E-state index in [1.165, 1.54) is 18.3 Å². The summed E-state index contributed by atoms with van der Waals surface area (Å²) in [5, 5.41) is 6.72. The van der Waals surface area contributed by atoms with E-state index >= 15 is 0 Å². The molecular weight excluding hydrogens is 369 g/mol. The first-order valence-corrected chi connectivity index (χ1v) is 7.77. The van der Waals surface area contributed by atoms with Crippen LogP contribution in [-0.2, 0) is 9.59 Å². The number of benzene rings is 2. The SMILES string of the molecule is O=C(N/N=C\c1ccc2c(c1)OCO2)C(=O)Nc1cc(Cl)ccc1Cl. The minimum absolute atomic E-state index is 0.166. The van der Waals surface area contributed by atoms with Gasteiger partial charge in [0.05, 0.1) is 16.9 Å². The maximum atomic E-state index is 11.8. The second kappa shape index (κ2) is 7.42. The van der Waals surface area contributed by atoms with Gasteiger partial charge in [-0.15, -0.1) is 0 Å². The molecule has 0 saturated heterocycles. The summed E-state index contributed by atoms with van der Waals surface area (Å²) in [5.74, 6) is -0.650. The van der Waals surface area contributed by atoms with Gasteiger partial charge in [0.2, 0.25) is 6.79 Å². The molecule has 7 nitrogen and oxygen atoms in total. The van der Waals surface area contributed by atoms with Crippen molar-refractivity contribution in [2.75, 3.05) is 12.1 Å². The monoisotopic (exact) mass is 379 g/mol. The van der Waals surface area contributed by atoms with Gasteiger partial charge >= 0.3 is 11.8 Å². The lowest BCUT2D eigenvalue weighted by Crippen LogP contribution is -2.32.